The van der Waals surface area contributed by atoms with E-state index >= 15 is 0 Å². The highest BCUT2D eigenvalue weighted by Gasteiger charge is 2.09. The number of esters is 1. The van der Waals surface area contributed by atoms with Crippen molar-refractivity contribution in [1.29, 1.82) is 0 Å². The van der Waals surface area contributed by atoms with Gasteiger partial charge in [-0.05, 0) is 12.8 Å². The van der Waals surface area contributed by atoms with Crippen molar-refractivity contribution in [2.45, 2.75) is 19.3 Å². The number of aromatic nitrogens is 1. The molecule has 1 amide bonds. The molecule has 1 rings (SSSR count). The summed E-state index contributed by atoms with van der Waals surface area (Å²) in [5.41, 5.74) is 5.32. The highest BCUT2D eigenvalue weighted by molar-refractivity contribution is 7.13. The second kappa shape index (κ2) is 6.85. The van der Waals surface area contributed by atoms with Gasteiger partial charge in [-0.15, -0.1) is 11.3 Å². The van der Waals surface area contributed by atoms with Crippen LogP contribution in [0, 0.1) is 0 Å². The number of nitrogens with one attached hydrogen (secondary N) is 1. The van der Waals surface area contributed by atoms with Gasteiger partial charge in [0.05, 0.1) is 7.11 Å². The molecule has 3 N–H and O–H groups in total. The molecule has 0 atom stereocenters. The summed E-state index contributed by atoms with van der Waals surface area (Å²) in [4.78, 5) is 25.7. The number of anilines is 1. The minimum atomic E-state index is -0.442. The molecule has 0 aromatic carbocycles. The Morgan fingerprint density at radius 2 is 2.29 bits per heavy atom. The number of primary amides is 1. The minimum absolute atomic E-state index is 0.285. The third kappa shape index (κ3) is 4.81. The van der Waals surface area contributed by atoms with Gasteiger partial charge in [-0.2, -0.15) is 0 Å². The van der Waals surface area contributed by atoms with Crippen LogP contribution in [0.15, 0.2) is 5.38 Å². The second-order valence-corrected chi connectivity index (χ2v) is 4.24. The SMILES string of the molecule is COC(=O)c1csc(NCCCCC(N)=O)n1. The van der Waals surface area contributed by atoms with Crippen LogP contribution in [0.25, 0.3) is 0 Å². The fourth-order valence-corrected chi connectivity index (χ4v) is 1.88. The van der Waals surface area contributed by atoms with E-state index in [2.05, 4.69) is 15.0 Å². The Morgan fingerprint density at radius 3 is 2.94 bits per heavy atom. The van der Waals surface area contributed by atoms with E-state index in [1.54, 1.807) is 5.38 Å². The fraction of sp³-hybridized carbons (Fsp3) is 0.500. The number of rotatable bonds is 7. The summed E-state index contributed by atoms with van der Waals surface area (Å²) in [6.45, 7) is 0.696. The predicted octanol–water partition coefficient (Wildman–Crippen LogP) is 0.997. The van der Waals surface area contributed by atoms with Gasteiger partial charge in [0.1, 0.15) is 0 Å². The zero-order chi connectivity index (χ0) is 12.7. The Balaban J connectivity index is 2.25. The van der Waals surface area contributed by atoms with Crippen molar-refractivity contribution in [1.82, 2.24) is 4.98 Å². The zero-order valence-corrected chi connectivity index (χ0v) is 10.4. The average molecular weight is 257 g/mol. The van der Waals surface area contributed by atoms with Crippen LogP contribution in [0.4, 0.5) is 5.13 Å². The van der Waals surface area contributed by atoms with Gasteiger partial charge in [0, 0.05) is 18.3 Å². The van der Waals surface area contributed by atoms with Gasteiger partial charge < -0.3 is 15.8 Å². The number of hydrogen-bond acceptors (Lipinski definition) is 6. The summed E-state index contributed by atoms with van der Waals surface area (Å²) < 4.78 is 4.55. The number of methoxy groups -OCH3 is 1. The maximum Gasteiger partial charge on any atom is 0.357 e. The molecule has 0 aliphatic carbocycles. The molecule has 0 radical (unpaired) electrons. The maximum absolute atomic E-state index is 11.1. The van der Waals surface area contributed by atoms with Crippen molar-refractivity contribution in [3.05, 3.63) is 11.1 Å². The van der Waals surface area contributed by atoms with Crippen LogP contribution in [0.3, 0.4) is 0 Å². The molecule has 0 bridgehead atoms. The number of ether oxygens (including phenoxy) is 1. The van der Waals surface area contributed by atoms with E-state index in [0.717, 1.165) is 12.8 Å². The number of thiazole rings is 1. The molecule has 7 heteroatoms. The number of amides is 1. The van der Waals surface area contributed by atoms with Gasteiger partial charge in [0.25, 0.3) is 0 Å². The first-order valence-corrected chi connectivity index (χ1v) is 6.07. The average Bonchev–Trinajstić information content (AvgIpc) is 2.76. The van der Waals surface area contributed by atoms with Crippen LogP contribution >= 0.6 is 11.3 Å². The number of nitrogens with zero attached hydrogens (tertiary/aromatic N) is 1. The third-order valence-corrected chi connectivity index (χ3v) is 2.82. The third-order valence-electron chi connectivity index (χ3n) is 2.02. The van der Waals surface area contributed by atoms with E-state index < -0.39 is 5.97 Å². The minimum Gasteiger partial charge on any atom is -0.464 e. The van der Waals surface area contributed by atoms with Crippen molar-refractivity contribution in [3.8, 4) is 0 Å². The quantitative estimate of drug-likeness (QED) is 0.561. The largest absolute Gasteiger partial charge is 0.464 e. The molecule has 1 aromatic heterocycles. The van der Waals surface area contributed by atoms with Gasteiger partial charge in [-0.3, -0.25) is 4.79 Å². The Kier molecular flexibility index (Phi) is 5.41. The molecule has 17 heavy (non-hydrogen) atoms. The van der Waals surface area contributed by atoms with Crippen molar-refractivity contribution < 1.29 is 14.3 Å². The molecule has 0 fully saturated rings. The highest BCUT2D eigenvalue weighted by Crippen LogP contribution is 2.15. The first kappa shape index (κ1) is 13.4. The van der Waals surface area contributed by atoms with E-state index in [9.17, 15) is 9.59 Å². The number of carbonyl (C=O) groups excluding carboxylic acids is 2. The molecule has 0 spiro atoms. The Morgan fingerprint density at radius 1 is 1.53 bits per heavy atom. The number of hydrogen-bond donors (Lipinski definition) is 2. The summed E-state index contributed by atoms with van der Waals surface area (Å²) >= 11 is 1.34. The number of carbonyl (C=O) groups is 2. The topological polar surface area (TPSA) is 94.3 Å². The second-order valence-electron chi connectivity index (χ2n) is 3.38. The molecule has 0 saturated carbocycles. The molecular formula is C10H15N3O3S. The van der Waals surface area contributed by atoms with Crippen LogP contribution < -0.4 is 11.1 Å². The molecule has 1 heterocycles. The van der Waals surface area contributed by atoms with Crippen LogP contribution in [0.5, 0.6) is 0 Å². The van der Waals surface area contributed by atoms with Crippen LogP contribution in [-0.2, 0) is 9.53 Å². The molecule has 0 saturated heterocycles. The molecule has 94 valence electrons. The van der Waals surface area contributed by atoms with Gasteiger partial charge in [0.15, 0.2) is 10.8 Å². The van der Waals surface area contributed by atoms with Gasteiger partial charge >= 0.3 is 5.97 Å². The van der Waals surface area contributed by atoms with Crippen LogP contribution in [-0.4, -0.2) is 30.5 Å². The predicted molar refractivity (Wildman–Crippen MR) is 65.0 cm³/mol. The highest BCUT2D eigenvalue weighted by atomic mass is 32.1. The summed E-state index contributed by atoms with van der Waals surface area (Å²) in [5, 5.41) is 5.37. The Hall–Kier alpha value is -1.63. The first-order valence-electron chi connectivity index (χ1n) is 5.19. The summed E-state index contributed by atoms with van der Waals surface area (Å²) in [7, 11) is 1.32. The van der Waals surface area contributed by atoms with Gasteiger partial charge in [-0.1, -0.05) is 0 Å². The lowest BCUT2D eigenvalue weighted by Crippen LogP contribution is -2.11. The maximum atomic E-state index is 11.1. The number of unbranched alkanes of at least 4 members (excludes halogenated alkanes) is 1. The first-order chi connectivity index (χ1) is 8.13. The lowest BCUT2D eigenvalue weighted by Gasteiger charge is -2.00. The molecular weight excluding hydrogens is 242 g/mol. The van der Waals surface area contributed by atoms with E-state index in [0.29, 0.717) is 23.8 Å². The zero-order valence-electron chi connectivity index (χ0n) is 9.56. The van der Waals surface area contributed by atoms with Crippen molar-refractivity contribution in [2.75, 3.05) is 19.0 Å². The summed E-state index contributed by atoms with van der Waals surface area (Å²) in [6, 6.07) is 0. The van der Waals surface area contributed by atoms with E-state index in [1.165, 1.54) is 18.4 Å². The molecule has 0 aliphatic heterocycles. The molecule has 1 aromatic rings. The van der Waals surface area contributed by atoms with Crippen molar-refractivity contribution in [2.24, 2.45) is 5.73 Å². The standard InChI is InChI=1S/C10H15N3O3S/c1-16-9(15)7-6-17-10(13-7)12-5-3-2-4-8(11)14/h6H,2-5H2,1H3,(H2,11,14)(H,12,13). The molecule has 0 unspecified atom stereocenters. The van der Waals surface area contributed by atoms with E-state index in [-0.39, 0.29) is 5.91 Å². The lowest BCUT2D eigenvalue weighted by molar-refractivity contribution is -0.118. The van der Waals surface area contributed by atoms with Crippen LogP contribution in [0.2, 0.25) is 0 Å². The Bertz CT molecular complexity index is 392. The lowest BCUT2D eigenvalue weighted by atomic mass is 10.2. The smallest absolute Gasteiger partial charge is 0.357 e. The monoisotopic (exact) mass is 257 g/mol. The van der Waals surface area contributed by atoms with Crippen LogP contribution in [0.1, 0.15) is 29.8 Å². The number of nitrogens with two attached hydrogens (primary N) is 1. The van der Waals surface area contributed by atoms with Gasteiger partial charge in [-0.25, -0.2) is 9.78 Å². The van der Waals surface area contributed by atoms with Gasteiger partial charge in [0.2, 0.25) is 5.91 Å². The molecule has 6 nitrogen and oxygen atoms in total. The normalized spacial score (nSPS) is 9.94. The van der Waals surface area contributed by atoms with E-state index in [1.807, 2.05) is 0 Å². The molecule has 0 aliphatic rings. The Labute approximate surface area is 103 Å². The summed E-state index contributed by atoms with van der Waals surface area (Å²) in [6.07, 6.45) is 1.97. The van der Waals surface area contributed by atoms with Crippen molar-refractivity contribution in [3.63, 3.8) is 0 Å². The van der Waals surface area contributed by atoms with E-state index in [4.69, 9.17) is 5.73 Å². The summed E-state index contributed by atoms with van der Waals surface area (Å²) in [5.74, 6) is -0.727. The van der Waals surface area contributed by atoms with Crippen molar-refractivity contribution >= 4 is 28.3 Å². The fourth-order valence-electron chi connectivity index (χ4n) is 1.17.